The van der Waals surface area contributed by atoms with E-state index in [1.165, 1.54) is 0 Å². The number of amides is 1. The molecule has 1 rings (SSSR count). The number of carbonyl (C=O) groups excluding carboxylic acids is 1. The second-order valence-electron chi connectivity index (χ2n) is 5.55. The first-order valence-electron chi connectivity index (χ1n) is 7.29. The van der Waals surface area contributed by atoms with Crippen LogP contribution >= 0.6 is 0 Å². The van der Waals surface area contributed by atoms with Crippen molar-refractivity contribution in [2.75, 3.05) is 6.54 Å². The predicted octanol–water partition coefficient (Wildman–Crippen LogP) is 1.51. The summed E-state index contributed by atoms with van der Waals surface area (Å²) < 4.78 is 0. The third-order valence-electron chi connectivity index (χ3n) is 3.96. The fraction of sp³-hybridized carbons (Fsp3) is 0.857. The zero-order valence-electron chi connectivity index (χ0n) is 11.7. The van der Waals surface area contributed by atoms with E-state index in [1.807, 2.05) is 6.92 Å². The van der Waals surface area contributed by atoms with Gasteiger partial charge >= 0.3 is 5.97 Å². The van der Waals surface area contributed by atoms with Gasteiger partial charge in [0.25, 0.3) is 0 Å². The van der Waals surface area contributed by atoms with Crippen molar-refractivity contribution in [2.45, 2.75) is 57.9 Å². The summed E-state index contributed by atoms with van der Waals surface area (Å²) >= 11 is 0. The SMILES string of the molecule is CCCC(CC(=O)O)NC(=O)C1CCC(CN)CC1. The number of carboxylic acid groups (broad SMARTS) is 1. The van der Waals surface area contributed by atoms with Gasteiger partial charge in [0, 0.05) is 12.0 Å². The molecule has 1 aliphatic carbocycles. The van der Waals surface area contributed by atoms with Gasteiger partial charge in [0.15, 0.2) is 0 Å². The molecule has 0 aromatic rings. The maximum Gasteiger partial charge on any atom is 0.305 e. The highest BCUT2D eigenvalue weighted by atomic mass is 16.4. The van der Waals surface area contributed by atoms with E-state index in [9.17, 15) is 9.59 Å². The third kappa shape index (κ3) is 5.59. The van der Waals surface area contributed by atoms with Crippen LogP contribution in [-0.4, -0.2) is 29.6 Å². The molecule has 1 aliphatic rings. The average Bonchev–Trinajstić information content (AvgIpc) is 2.38. The van der Waals surface area contributed by atoms with Crippen molar-refractivity contribution < 1.29 is 14.7 Å². The lowest BCUT2D eigenvalue weighted by atomic mass is 9.81. The Morgan fingerprint density at radius 1 is 1.32 bits per heavy atom. The Labute approximate surface area is 114 Å². The van der Waals surface area contributed by atoms with Crippen LogP contribution in [-0.2, 0) is 9.59 Å². The van der Waals surface area contributed by atoms with Crippen molar-refractivity contribution in [1.29, 1.82) is 0 Å². The van der Waals surface area contributed by atoms with Crippen LogP contribution in [0.3, 0.4) is 0 Å². The topological polar surface area (TPSA) is 92.4 Å². The maximum absolute atomic E-state index is 12.1. The van der Waals surface area contributed by atoms with Gasteiger partial charge in [0.2, 0.25) is 5.91 Å². The van der Waals surface area contributed by atoms with Gasteiger partial charge in [-0.1, -0.05) is 13.3 Å². The zero-order valence-corrected chi connectivity index (χ0v) is 11.7. The lowest BCUT2D eigenvalue weighted by Crippen LogP contribution is -2.41. The summed E-state index contributed by atoms with van der Waals surface area (Å²) in [5, 5.41) is 11.7. The van der Waals surface area contributed by atoms with Gasteiger partial charge in [-0.3, -0.25) is 9.59 Å². The summed E-state index contributed by atoms with van der Waals surface area (Å²) in [6.45, 7) is 2.69. The molecule has 5 heteroatoms. The van der Waals surface area contributed by atoms with E-state index < -0.39 is 5.97 Å². The molecule has 5 nitrogen and oxygen atoms in total. The maximum atomic E-state index is 12.1. The number of carbonyl (C=O) groups is 2. The third-order valence-corrected chi connectivity index (χ3v) is 3.96. The fourth-order valence-corrected chi connectivity index (χ4v) is 2.76. The van der Waals surface area contributed by atoms with E-state index in [2.05, 4.69) is 5.32 Å². The summed E-state index contributed by atoms with van der Waals surface area (Å²) in [6, 6.07) is -0.234. The van der Waals surface area contributed by atoms with E-state index in [4.69, 9.17) is 10.8 Å². The van der Waals surface area contributed by atoms with Gasteiger partial charge in [-0.15, -0.1) is 0 Å². The first-order chi connectivity index (χ1) is 9.06. The summed E-state index contributed by atoms with van der Waals surface area (Å²) in [7, 11) is 0. The van der Waals surface area contributed by atoms with Crippen LogP contribution in [0, 0.1) is 11.8 Å². The van der Waals surface area contributed by atoms with Crippen molar-refractivity contribution in [2.24, 2.45) is 17.6 Å². The molecule has 0 aromatic carbocycles. The molecule has 19 heavy (non-hydrogen) atoms. The largest absolute Gasteiger partial charge is 0.481 e. The molecule has 0 aromatic heterocycles. The summed E-state index contributed by atoms with van der Waals surface area (Å²) in [5.41, 5.74) is 5.63. The van der Waals surface area contributed by atoms with E-state index >= 15 is 0 Å². The minimum atomic E-state index is -0.856. The highest BCUT2D eigenvalue weighted by molar-refractivity contribution is 5.79. The molecule has 0 saturated heterocycles. The van der Waals surface area contributed by atoms with Crippen molar-refractivity contribution in [1.82, 2.24) is 5.32 Å². The first-order valence-corrected chi connectivity index (χ1v) is 7.29. The molecule has 0 heterocycles. The minimum absolute atomic E-state index is 0.0116. The van der Waals surface area contributed by atoms with Gasteiger partial charge in [0.1, 0.15) is 0 Å². The van der Waals surface area contributed by atoms with Gasteiger partial charge in [-0.05, 0) is 44.6 Å². The molecule has 1 unspecified atom stereocenters. The molecule has 1 atom stereocenters. The second-order valence-corrected chi connectivity index (χ2v) is 5.55. The molecular formula is C14H26N2O3. The van der Waals surface area contributed by atoms with Gasteiger partial charge in [-0.2, -0.15) is 0 Å². The van der Waals surface area contributed by atoms with Crippen molar-refractivity contribution in [3.63, 3.8) is 0 Å². The van der Waals surface area contributed by atoms with Gasteiger partial charge in [-0.25, -0.2) is 0 Å². The Balaban J connectivity index is 2.41. The number of carboxylic acids is 1. The molecule has 0 spiro atoms. The lowest BCUT2D eigenvalue weighted by Gasteiger charge is -2.28. The van der Waals surface area contributed by atoms with Crippen LogP contribution in [0.15, 0.2) is 0 Å². The summed E-state index contributed by atoms with van der Waals surface area (Å²) in [4.78, 5) is 22.9. The number of aliphatic carboxylic acids is 1. The number of rotatable bonds is 7. The first kappa shape index (κ1) is 16.0. The van der Waals surface area contributed by atoms with E-state index in [0.29, 0.717) is 12.5 Å². The van der Waals surface area contributed by atoms with Gasteiger partial charge in [0.05, 0.1) is 6.42 Å². The van der Waals surface area contributed by atoms with Gasteiger partial charge < -0.3 is 16.2 Å². The molecule has 110 valence electrons. The normalized spacial score (nSPS) is 24.7. The van der Waals surface area contributed by atoms with E-state index in [-0.39, 0.29) is 24.3 Å². The van der Waals surface area contributed by atoms with Crippen LogP contribution < -0.4 is 11.1 Å². The molecule has 1 fully saturated rings. The number of hydrogen-bond donors (Lipinski definition) is 3. The smallest absolute Gasteiger partial charge is 0.305 e. The Morgan fingerprint density at radius 3 is 2.42 bits per heavy atom. The zero-order chi connectivity index (χ0) is 14.3. The number of hydrogen-bond acceptors (Lipinski definition) is 3. The molecule has 4 N–H and O–H groups in total. The standard InChI is InChI=1S/C14H26N2O3/c1-2-3-12(8-13(17)18)16-14(19)11-6-4-10(9-15)5-7-11/h10-12H,2-9,15H2,1H3,(H,16,19)(H,17,18). The van der Waals surface area contributed by atoms with Crippen molar-refractivity contribution in [3.8, 4) is 0 Å². The summed E-state index contributed by atoms with van der Waals surface area (Å²) in [6.07, 6.45) is 5.36. The van der Waals surface area contributed by atoms with Crippen molar-refractivity contribution in [3.05, 3.63) is 0 Å². The molecule has 1 saturated carbocycles. The molecule has 0 aliphatic heterocycles. The van der Waals surface area contributed by atoms with Crippen LogP contribution in [0.25, 0.3) is 0 Å². The number of nitrogens with two attached hydrogens (primary N) is 1. The number of nitrogens with one attached hydrogen (secondary N) is 1. The minimum Gasteiger partial charge on any atom is -0.481 e. The lowest BCUT2D eigenvalue weighted by molar-refractivity contribution is -0.138. The fourth-order valence-electron chi connectivity index (χ4n) is 2.76. The van der Waals surface area contributed by atoms with Crippen LogP contribution in [0.4, 0.5) is 0 Å². The Morgan fingerprint density at radius 2 is 1.95 bits per heavy atom. The Hall–Kier alpha value is -1.10. The van der Waals surface area contributed by atoms with E-state index in [1.54, 1.807) is 0 Å². The monoisotopic (exact) mass is 270 g/mol. The molecule has 0 radical (unpaired) electrons. The quantitative estimate of drug-likeness (QED) is 0.654. The van der Waals surface area contributed by atoms with E-state index in [0.717, 1.165) is 38.5 Å². The molecule has 0 bridgehead atoms. The molecular weight excluding hydrogens is 244 g/mol. The Bertz CT molecular complexity index is 299. The van der Waals surface area contributed by atoms with Crippen molar-refractivity contribution >= 4 is 11.9 Å². The molecule has 1 amide bonds. The van der Waals surface area contributed by atoms with Crippen LogP contribution in [0.1, 0.15) is 51.9 Å². The second kappa shape index (κ2) is 8.15. The van der Waals surface area contributed by atoms with Crippen LogP contribution in [0.5, 0.6) is 0 Å². The van der Waals surface area contributed by atoms with Crippen LogP contribution in [0.2, 0.25) is 0 Å². The highest BCUT2D eigenvalue weighted by Gasteiger charge is 2.27. The summed E-state index contributed by atoms with van der Waals surface area (Å²) in [5.74, 6) is -0.244. The predicted molar refractivity (Wildman–Crippen MR) is 73.6 cm³/mol. The average molecular weight is 270 g/mol. The Kier molecular flexibility index (Phi) is 6.84. The highest BCUT2D eigenvalue weighted by Crippen LogP contribution is 2.28.